The molecule has 1 saturated carbocycles. The number of hydrogen-bond acceptors (Lipinski definition) is 6. The molecule has 1 heterocycles. The lowest BCUT2D eigenvalue weighted by molar-refractivity contribution is -0.386. The van der Waals surface area contributed by atoms with Gasteiger partial charge in [0.25, 0.3) is 6.43 Å². The molecule has 0 saturated heterocycles. The van der Waals surface area contributed by atoms with Crippen LogP contribution in [0.3, 0.4) is 0 Å². The van der Waals surface area contributed by atoms with Crippen LogP contribution in [-0.2, 0) is 14.3 Å². The number of nitrogens with zero attached hydrogens (tertiary/aromatic N) is 3. The summed E-state index contributed by atoms with van der Waals surface area (Å²) < 4.78 is 37.1. The summed E-state index contributed by atoms with van der Waals surface area (Å²) in [4.78, 5) is 21.2. The Balaban J connectivity index is 1.85. The molecular weight excluding hydrogens is 340 g/mol. The standard InChI is InChI=1S/C15H21F2N3O5/c1-2-25-13(21)9-24-8-10-3-5-11(6-4-10)19-7-12(20(22)23)14(18-19)15(16)17/h7,10-11,15H,2-6,8-9H2,1H3/t10-,11-. The number of rotatable bonds is 8. The van der Waals surface area contributed by atoms with Gasteiger partial charge in [-0.05, 0) is 38.5 Å². The molecule has 0 bridgehead atoms. The number of esters is 1. The Morgan fingerprint density at radius 3 is 2.64 bits per heavy atom. The van der Waals surface area contributed by atoms with Gasteiger partial charge in [-0.1, -0.05) is 0 Å². The average molecular weight is 361 g/mol. The zero-order valence-electron chi connectivity index (χ0n) is 13.9. The zero-order valence-corrected chi connectivity index (χ0v) is 13.9. The zero-order chi connectivity index (χ0) is 18.4. The minimum absolute atomic E-state index is 0.0864. The first-order valence-corrected chi connectivity index (χ1v) is 8.17. The lowest BCUT2D eigenvalue weighted by atomic mass is 9.86. The van der Waals surface area contributed by atoms with Gasteiger partial charge < -0.3 is 9.47 Å². The maximum absolute atomic E-state index is 12.9. The third-order valence-corrected chi connectivity index (χ3v) is 4.21. The second-order valence-corrected chi connectivity index (χ2v) is 5.93. The quantitative estimate of drug-likeness (QED) is 0.401. The average Bonchev–Trinajstić information content (AvgIpc) is 3.01. The summed E-state index contributed by atoms with van der Waals surface area (Å²) in [5, 5.41) is 14.6. The van der Waals surface area contributed by atoms with Crippen molar-refractivity contribution in [3.8, 4) is 0 Å². The van der Waals surface area contributed by atoms with E-state index in [1.165, 1.54) is 4.68 Å². The number of carbonyl (C=O) groups is 1. The van der Waals surface area contributed by atoms with Gasteiger partial charge in [0.2, 0.25) is 5.69 Å². The number of alkyl halides is 2. The number of hydrogen-bond donors (Lipinski definition) is 0. The predicted molar refractivity (Wildman–Crippen MR) is 82.3 cm³/mol. The van der Waals surface area contributed by atoms with Gasteiger partial charge in [-0.15, -0.1) is 0 Å². The molecule has 1 aromatic rings. The molecular formula is C15H21F2N3O5. The molecule has 0 atom stereocenters. The van der Waals surface area contributed by atoms with Crippen LogP contribution in [0.25, 0.3) is 0 Å². The summed E-state index contributed by atoms with van der Waals surface area (Å²) in [6, 6.07) is -0.146. The van der Waals surface area contributed by atoms with Crippen LogP contribution in [0.4, 0.5) is 14.5 Å². The summed E-state index contributed by atoms with van der Waals surface area (Å²) in [6.07, 6.45) is 0.971. The second-order valence-electron chi connectivity index (χ2n) is 5.93. The van der Waals surface area contributed by atoms with E-state index in [2.05, 4.69) is 5.10 Å². The van der Waals surface area contributed by atoms with E-state index in [1.54, 1.807) is 6.92 Å². The van der Waals surface area contributed by atoms with Crippen LogP contribution in [-0.4, -0.2) is 40.5 Å². The molecule has 0 spiro atoms. The third-order valence-electron chi connectivity index (χ3n) is 4.21. The lowest BCUT2D eigenvalue weighted by Crippen LogP contribution is -2.23. The highest BCUT2D eigenvalue weighted by molar-refractivity contribution is 5.70. The lowest BCUT2D eigenvalue weighted by Gasteiger charge is -2.28. The van der Waals surface area contributed by atoms with Crippen LogP contribution >= 0.6 is 0 Å². The van der Waals surface area contributed by atoms with Gasteiger partial charge in [0, 0.05) is 0 Å². The Hall–Kier alpha value is -2.10. The fraction of sp³-hybridized carbons (Fsp3) is 0.733. The van der Waals surface area contributed by atoms with E-state index >= 15 is 0 Å². The molecule has 1 fully saturated rings. The van der Waals surface area contributed by atoms with E-state index < -0.39 is 28.7 Å². The Morgan fingerprint density at radius 2 is 2.12 bits per heavy atom. The molecule has 0 aliphatic heterocycles. The highest BCUT2D eigenvalue weighted by Gasteiger charge is 2.30. The number of nitro groups is 1. The maximum Gasteiger partial charge on any atom is 0.332 e. The minimum Gasteiger partial charge on any atom is -0.464 e. The molecule has 1 aliphatic rings. The maximum atomic E-state index is 12.9. The highest BCUT2D eigenvalue weighted by atomic mass is 19.3. The Labute approximate surface area is 143 Å². The van der Waals surface area contributed by atoms with Crippen LogP contribution < -0.4 is 0 Å². The van der Waals surface area contributed by atoms with Gasteiger partial charge in [-0.2, -0.15) is 5.10 Å². The van der Waals surface area contributed by atoms with E-state index in [-0.39, 0.29) is 18.6 Å². The molecule has 0 unspecified atom stereocenters. The first-order valence-electron chi connectivity index (χ1n) is 8.17. The SMILES string of the molecule is CCOC(=O)COC[C@H]1CC[C@H](n2cc([N+](=O)[O-])c(C(F)F)n2)CC1. The van der Waals surface area contributed by atoms with Crippen LogP contribution in [0.5, 0.6) is 0 Å². The molecule has 0 aromatic carbocycles. The predicted octanol–water partition coefficient (Wildman–Crippen LogP) is 3.04. The normalized spacial score (nSPS) is 20.6. The van der Waals surface area contributed by atoms with Crippen molar-refractivity contribution in [1.82, 2.24) is 9.78 Å². The topological polar surface area (TPSA) is 96.5 Å². The summed E-state index contributed by atoms with van der Waals surface area (Å²) in [5.74, 6) is -0.148. The molecule has 8 nitrogen and oxygen atoms in total. The van der Waals surface area contributed by atoms with Gasteiger partial charge in [-0.3, -0.25) is 14.8 Å². The molecule has 0 radical (unpaired) electrons. The largest absolute Gasteiger partial charge is 0.464 e. The summed E-state index contributed by atoms with van der Waals surface area (Å²) in [7, 11) is 0. The molecule has 140 valence electrons. The Kier molecular flexibility index (Phi) is 6.80. The van der Waals surface area contributed by atoms with Crippen molar-refractivity contribution < 1.29 is 28.0 Å². The van der Waals surface area contributed by atoms with Gasteiger partial charge in [-0.25, -0.2) is 13.6 Å². The Morgan fingerprint density at radius 1 is 1.44 bits per heavy atom. The smallest absolute Gasteiger partial charge is 0.332 e. The first-order chi connectivity index (χ1) is 11.9. The van der Waals surface area contributed by atoms with Crippen molar-refractivity contribution in [3.05, 3.63) is 22.0 Å². The molecule has 1 aromatic heterocycles. The second kappa shape index (κ2) is 8.84. The van der Waals surface area contributed by atoms with Crippen LogP contribution in [0.15, 0.2) is 6.20 Å². The minimum atomic E-state index is -2.98. The van der Waals surface area contributed by atoms with Crippen molar-refractivity contribution in [2.75, 3.05) is 19.8 Å². The van der Waals surface area contributed by atoms with E-state index in [9.17, 15) is 23.7 Å². The van der Waals surface area contributed by atoms with Crippen molar-refractivity contribution in [1.29, 1.82) is 0 Å². The van der Waals surface area contributed by atoms with Crippen molar-refractivity contribution in [2.45, 2.75) is 45.1 Å². The molecule has 0 amide bonds. The van der Waals surface area contributed by atoms with Crippen molar-refractivity contribution in [3.63, 3.8) is 0 Å². The van der Waals surface area contributed by atoms with Gasteiger partial charge in [0.05, 0.1) is 24.2 Å². The fourth-order valence-electron chi connectivity index (χ4n) is 2.97. The number of halogens is 2. The highest BCUT2D eigenvalue weighted by Crippen LogP contribution is 2.35. The van der Waals surface area contributed by atoms with Gasteiger partial charge >= 0.3 is 11.7 Å². The van der Waals surface area contributed by atoms with Crippen molar-refractivity contribution in [2.24, 2.45) is 5.92 Å². The third kappa shape index (κ3) is 5.18. The van der Waals surface area contributed by atoms with Crippen LogP contribution in [0.2, 0.25) is 0 Å². The van der Waals surface area contributed by atoms with Gasteiger partial charge in [0.15, 0.2) is 0 Å². The van der Waals surface area contributed by atoms with Crippen molar-refractivity contribution >= 4 is 11.7 Å². The number of aromatic nitrogens is 2. The molecule has 25 heavy (non-hydrogen) atoms. The van der Waals surface area contributed by atoms with Crippen LogP contribution in [0.1, 0.15) is 50.8 Å². The molecule has 1 aliphatic carbocycles. The molecule has 0 N–H and O–H groups in total. The molecule has 10 heteroatoms. The first kappa shape index (κ1) is 19.2. The fourth-order valence-corrected chi connectivity index (χ4v) is 2.97. The monoisotopic (exact) mass is 361 g/mol. The summed E-state index contributed by atoms with van der Waals surface area (Å²) >= 11 is 0. The van der Waals surface area contributed by atoms with E-state index in [1.807, 2.05) is 0 Å². The Bertz CT molecular complexity index is 600. The number of ether oxygens (including phenoxy) is 2. The van der Waals surface area contributed by atoms with E-state index in [0.717, 1.165) is 19.0 Å². The van der Waals surface area contributed by atoms with Crippen LogP contribution in [0, 0.1) is 16.0 Å². The van der Waals surface area contributed by atoms with E-state index in [4.69, 9.17) is 9.47 Å². The molecule has 2 rings (SSSR count). The number of carbonyl (C=O) groups excluding carboxylic acids is 1. The van der Waals surface area contributed by atoms with E-state index in [0.29, 0.717) is 26.1 Å². The van der Waals surface area contributed by atoms with Gasteiger partial charge in [0.1, 0.15) is 12.8 Å². The summed E-state index contributed by atoms with van der Waals surface area (Å²) in [6.45, 7) is 2.37. The summed E-state index contributed by atoms with van der Waals surface area (Å²) in [5.41, 5.74) is -1.43.